The molecule has 5 nitrogen and oxygen atoms in total. The van der Waals surface area contributed by atoms with Crippen molar-refractivity contribution in [3.63, 3.8) is 0 Å². The topological polar surface area (TPSA) is 61.0 Å². The average Bonchev–Trinajstić information content (AvgIpc) is 3.31. The third kappa shape index (κ3) is 3.86. The van der Waals surface area contributed by atoms with E-state index in [0.717, 1.165) is 42.8 Å². The van der Waals surface area contributed by atoms with E-state index >= 15 is 0 Å². The number of hydrogen-bond donors (Lipinski definition) is 2. The highest BCUT2D eigenvalue weighted by molar-refractivity contribution is 7.09. The number of nitrogens with zero attached hydrogens (tertiary/aromatic N) is 2. The lowest BCUT2D eigenvalue weighted by Crippen LogP contribution is -2.43. The van der Waals surface area contributed by atoms with Gasteiger partial charge >= 0.3 is 0 Å². The number of aromatic amines is 1. The number of fused-ring (bicyclic) bond motifs is 1. The molecule has 3 aromatic rings. The van der Waals surface area contributed by atoms with Crippen LogP contribution in [0.5, 0.6) is 0 Å². The number of imidazole rings is 1. The van der Waals surface area contributed by atoms with E-state index in [4.69, 9.17) is 11.6 Å². The van der Waals surface area contributed by atoms with Gasteiger partial charge in [-0.3, -0.25) is 4.79 Å². The average molecular weight is 389 g/mol. The van der Waals surface area contributed by atoms with Gasteiger partial charge in [-0.1, -0.05) is 17.7 Å². The summed E-state index contributed by atoms with van der Waals surface area (Å²) in [7, 11) is 0. The maximum Gasteiger partial charge on any atom is 0.224 e. The van der Waals surface area contributed by atoms with Crippen molar-refractivity contribution in [1.29, 1.82) is 0 Å². The number of aromatic nitrogens is 2. The van der Waals surface area contributed by atoms with Crippen LogP contribution in [0, 0.1) is 5.92 Å². The van der Waals surface area contributed by atoms with E-state index in [1.165, 1.54) is 4.88 Å². The van der Waals surface area contributed by atoms with Crippen LogP contribution in [0.3, 0.4) is 0 Å². The van der Waals surface area contributed by atoms with Crippen LogP contribution in [-0.4, -0.2) is 35.5 Å². The second-order valence-corrected chi connectivity index (χ2v) is 8.10. The Hall–Kier alpha value is -2.05. The fraction of sp³-hybridized carbons (Fsp3) is 0.368. The van der Waals surface area contributed by atoms with Gasteiger partial charge in [-0.2, -0.15) is 0 Å². The number of benzene rings is 1. The molecule has 1 aliphatic rings. The summed E-state index contributed by atoms with van der Waals surface area (Å²) in [4.78, 5) is 24.0. The van der Waals surface area contributed by atoms with Crippen molar-refractivity contribution in [1.82, 2.24) is 15.3 Å². The van der Waals surface area contributed by atoms with E-state index < -0.39 is 0 Å². The number of rotatable bonds is 5. The number of halogens is 1. The number of carbonyl (C=O) groups excluding carboxylic acids is 1. The Morgan fingerprint density at radius 3 is 3.19 bits per heavy atom. The van der Waals surface area contributed by atoms with Crippen LogP contribution in [0.25, 0.3) is 11.0 Å². The van der Waals surface area contributed by atoms with E-state index in [1.807, 2.05) is 24.3 Å². The highest BCUT2D eigenvalue weighted by Gasteiger charge is 2.27. The highest BCUT2D eigenvalue weighted by atomic mass is 35.5. The third-order valence-corrected chi connectivity index (χ3v) is 5.95. The van der Waals surface area contributed by atoms with Crippen LogP contribution in [0.4, 0.5) is 5.95 Å². The summed E-state index contributed by atoms with van der Waals surface area (Å²) in [5.74, 6) is 0.965. The number of thiophene rings is 1. The lowest BCUT2D eigenvalue weighted by Gasteiger charge is -2.31. The van der Waals surface area contributed by atoms with E-state index in [2.05, 4.69) is 31.6 Å². The summed E-state index contributed by atoms with van der Waals surface area (Å²) in [5, 5.41) is 5.85. The molecule has 7 heteroatoms. The van der Waals surface area contributed by atoms with Crippen molar-refractivity contribution in [2.24, 2.45) is 5.92 Å². The number of anilines is 1. The molecule has 0 unspecified atom stereocenters. The van der Waals surface area contributed by atoms with Gasteiger partial charge in [0.15, 0.2) is 0 Å². The SMILES string of the molecule is O=C(NCCc1cccs1)[C@@H]1CCCN(c2nc3ccc(Cl)cc3[nH]2)C1. The minimum absolute atomic E-state index is 0.00360. The molecule has 1 aliphatic heterocycles. The second kappa shape index (κ2) is 7.68. The van der Waals surface area contributed by atoms with Gasteiger partial charge in [0.05, 0.1) is 17.0 Å². The van der Waals surface area contributed by atoms with E-state index in [0.29, 0.717) is 18.1 Å². The molecule has 1 amide bonds. The second-order valence-electron chi connectivity index (χ2n) is 6.63. The summed E-state index contributed by atoms with van der Waals surface area (Å²) < 4.78 is 0. The number of amides is 1. The largest absolute Gasteiger partial charge is 0.355 e. The number of nitrogens with one attached hydrogen (secondary N) is 2. The van der Waals surface area contributed by atoms with E-state index in [1.54, 1.807) is 11.3 Å². The lowest BCUT2D eigenvalue weighted by molar-refractivity contribution is -0.125. The van der Waals surface area contributed by atoms with Gasteiger partial charge in [-0.25, -0.2) is 4.98 Å². The van der Waals surface area contributed by atoms with Gasteiger partial charge < -0.3 is 15.2 Å². The van der Waals surface area contributed by atoms with Gasteiger partial charge in [0.1, 0.15) is 0 Å². The van der Waals surface area contributed by atoms with Crippen molar-refractivity contribution < 1.29 is 4.79 Å². The van der Waals surface area contributed by atoms with Gasteiger partial charge in [0.25, 0.3) is 0 Å². The minimum Gasteiger partial charge on any atom is -0.355 e. The van der Waals surface area contributed by atoms with Crippen molar-refractivity contribution in [2.75, 3.05) is 24.5 Å². The third-order valence-electron chi connectivity index (χ3n) is 4.77. The number of H-pyrrole nitrogens is 1. The summed E-state index contributed by atoms with van der Waals surface area (Å²) in [5.41, 5.74) is 1.82. The Kier molecular flexibility index (Phi) is 5.13. The highest BCUT2D eigenvalue weighted by Crippen LogP contribution is 2.25. The molecule has 0 saturated carbocycles. The molecule has 3 heterocycles. The molecule has 136 valence electrons. The Labute approximate surface area is 161 Å². The maximum absolute atomic E-state index is 12.5. The summed E-state index contributed by atoms with van der Waals surface area (Å²) in [6, 6.07) is 9.78. The van der Waals surface area contributed by atoms with E-state index in [-0.39, 0.29) is 11.8 Å². The Morgan fingerprint density at radius 2 is 2.35 bits per heavy atom. The molecule has 0 radical (unpaired) electrons. The number of hydrogen-bond acceptors (Lipinski definition) is 4. The molecule has 26 heavy (non-hydrogen) atoms. The Balaban J connectivity index is 1.37. The fourth-order valence-electron chi connectivity index (χ4n) is 3.41. The van der Waals surface area contributed by atoms with Crippen molar-refractivity contribution >= 4 is 45.8 Å². The first-order valence-electron chi connectivity index (χ1n) is 8.89. The van der Waals surface area contributed by atoms with Gasteiger partial charge in [-0.15, -0.1) is 11.3 Å². The molecule has 2 aromatic heterocycles. The first kappa shape index (κ1) is 17.4. The molecular weight excluding hydrogens is 368 g/mol. The zero-order valence-electron chi connectivity index (χ0n) is 14.4. The summed E-state index contributed by atoms with van der Waals surface area (Å²) in [6.45, 7) is 2.30. The van der Waals surface area contributed by atoms with Gasteiger partial charge in [0, 0.05) is 29.5 Å². The minimum atomic E-state index is 0.00360. The van der Waals surface area contributed by atoms with Gasteiger partial charge in [0.2, 0.25) is 11.9 Å². The monoisotopic (exact) mass is 388 g/mol. The molecular formula is C19H21ClN4OS. The summed E-state index contributed by atoms with van der Waals surface area (Å²) in [6.07, 6.45) is 2.80. The van der Waals surface area contributed by atoms with Crippen LogP contribution in [0.15, 0.2) is 35.7 Å². The molecule has 4 rings (SSSR count). The molecule has 1 aromatic carbocycles. The van der Waals surface area contributed by atoms with Crippen molar-refractivity contribution in [2.45, 2.75) is 19.3 Å². The zero-order valence-corrected chi connectivity index (χ0v) is 15.9. The molecule has 1 saturated heterocycles. The molecule has 0 spiro atoms. The molecule has 1 atom stereocenters. The van der Waals surface area contributed by atoms with Crippen LogP contribution in [-0.2, 0) is 11.2 Å². The predicted octanol–water partition coefficient (Wildman–Crippen LogP) is 3.85. The van der Waals surface area contributed by atoms with Gasteiger partial charge in [-0.05, 0) is 48.9 Å². The van der Waals surface area contributed by atoms with Crippen LogP contribution < -0.4 is 10.2 Å². The Bertz CT molecular complexity index is 892. The van der Waals surface area contributed by atoms with Crippen LogP contribution in [0.1, 0.15) is 17.7 Å². The normalized spacial score (nSPS) is 17.6. The first-order valence-corrected chi connectivity index (χ1v) is 10.1. The number of piperidine rings is 1. The first-order chi connectivity index (χ1) is 12.7. The quantitative estimate of drug-likeness (QED) is 0.697. The standard InChI is InChI=1S/C19H21ClN4OS/c20-14-5-6-16-17(11-14)23-19(22-16)24-9-1-3-13(12-24)18(25)21-8-7-15-4-2-10-26-15/h2,4-6,10-11,13H,1,3,7-9,12H2,(H,21,25)(H,22,23)/t13-/m1/s1. The van der Waals surface area contributed by atoms with Crippen LogP contribution in [0.2, 0.25) is 5.02 Å². The lowest BCUT2D eigenvalue weighted by atomic mass is 9.97. The fourth-order valence-corrected chi connectivity index (χ4v) is 4.29. The zero-order chi connectivity index (χ0) is 17.9. The summed E-state index contributed by atoms with van der Waals surface area (Å²) >= 11 is 7.78. The predicted molar refractivity (Wildman–Crippen MR) is 107 cm³/mol. The molecule has 0 bridgehead atoms. The molecule has 0 aliphatic carbocycles. The smallest absolute Gasteiger partial charge is 0.224 e. The number of carbonyl (C=O) groups is 1. The van der Waals surface area contributed by atoms with Crippen LogP contribution >= 0.6 is 22.9 Å². The molecule has 1 fully saturated rings. The maximum atomic E-state index is 12.5. The van der Waals surface area contributed by atoms with Crippen molar-refractivity contribution in [3.05, 3.63) is 45.6 Å². The van der Waals surface area contributed by atoms with E-state index in [9.17, 15) is 4.79 Å². The Morgan fingerprint density at radius 1 is 1.42 bits per heavy atom. The molecule has 2 N–H and O–H groups in total. The van der Waals surface area contributed by atoms with Crippen molar-refractivity contribution in [3.8, 4) is 0 Å².